The molecule has 8 heteroatoms. The Morgan fingerprint density at radius 3 is 2.60 bits per heavy atom. The third-order valence-electron chi connectivity index (χ3n) is 2.77. The number of hydrogen-bond acceptors (Lipinski definition) is 3. The van der Waals surface area contributed by atoms with Crippen molar-refractivity contribution in [3.63, 3.8) is 0 Å². The van der Waals surface area contributed by atoms with Crippen LogP contribution in [0.25, 0.3) is 0 Å². The summed E-state index contributed by atoms with van der Waals surface area (Å²) in [6.07, 6.45) is -2.05. The molecule has 20 heavy (non-hydrogen) atoms. The molecule has 0 aliphatic rings. The fourth-order valence-electron chi connectivity index (χ4n) is 1.79. The summed E-state index contributed by atoms with van der Waals surface area (Å²) in [5.74, 6) is 0.516. The lowest BCUT2D eigenvalue weighted by molar-refractivity contribution is -0.137. The second kappa shape index (κ2) is 5.10. The fraction of sp³-hybridized carbons (Fsp3) is 0.417. The van der Waals surface area contributed by atoms with E-state index in [1.165, 1.54) is 6.33 Å². The van der Waals surface area contributed by atoms with Crippen LogP contribution in [0.2, 0.25) is 0 Å². The molecule has 0 aliphatic carbocycles. The largest absolute Gasteiger partial charge is 0.416 e. The first-order valence-electron chi connectivity index (χ1n) is 5.95. The van der Waals surface area contributed by atoms with E-state index in [4.69, 9.17) is 0 Å². The van der Waals surface area contributed by atoms with E-state index in [1.807, 2.05) is 13.8 Å². The van der Waals surface area contributed by atoms with Gasteiger partial charge in [0.1, 0.15) is 12.2 Å². The van der Waals surface area contributed by atoms with Gasteiger partial charge in [0.05, 0.1) is 12.1 Å². The first kappa shape index (κ1) is 14.3. The Labute approximate surface area is 112 Å². The van der Waals surface area contributed by atoms with Crippen LogP contribution in [0.5, 0.6) is 0 Å². The van der Waals surface area contributed by atoms with Gasteiger partial charge in [-0.15, -0.1) is 0 Å². The third-order valence-corrected chi connectivity index (χ3v) is 2.77. The second-order valence-electron chi connectivity index (χ2n) is 4.59. The van der Waals surface area contributed by atoms with Crippen LogP contribution in [0, 0.1) is 0 Å². The smallest absolute Gasteiger partial charge is 0.308 e. The number of halogens is 3. The van der Waals surface area contributed by atoms with Crippen LogP contribution in [0.3, 0.4) is 0 Å². The summed E-state index contributed by atoms with van der Waals surface area (Å²) in [6, 6.07) is 1.51. The van der Waals surface area contributed by atoms with Gasteiger partial charge in [0.15, 0.2) is 0 Å². The van der Waals surface area contributed by atoms with Gasteiger partial charge in [-0.25, -0.2) is 9.67 Å². The minimum Gasteiger partial charge on any atom is -0.308 e. The molecule has 0 spiro atoms. The van der Waals surface area contributed by atoms with E-state index in [1.54, 1.807) is 4.68 Å². The van der Waals surface area contributed by atoms with Crippen LogP contribution < -0.4 is 5.56 Å². The van der Waals surface area contributed by atoms with Crippen LogP contribution in [-0.2, 0) is 12.7 Å². The maximum Gasteiger partial charge on any atom is 0.416 e. The SMILES string of the molecule is CC(C)n1ncnc1Cn1ccc(C(F)(F)F)cc1=O. The maximum atomic E-state index is 12.5. The molecule has 2 aromatic rings. The number of rotatable bonds is 3. The van der Waals surface area contributed by atoms with Gasteiger partial charge >= 0.3 is 6.18 Å². The predicted molar refractivity (Wildman–Crippen MR) is 65.2 cm³/mol. The zero-order chi connectivity index (χ0) is 14.9. The molecule has 0 amide bonds. The van der Waals surface area contributed by atoms with Crippen molar-refractivity contribution in [1.29, 1.82) is 0 Å². The van der Waals surface area contributed by atoms with Gasteiger partial charge in [0.2, 0.25) is 0 Å². The summed E-state index contributed by atoms with van der Waals surface area (Å²) in [7, 11) is 0. The van der Waals surface area contributed by atoms with Crippen molar-refractivity contribution in [3.05, 3.63) is 46.4 Å². The normalized spacial score (nSPS) is 12.1. The number of alkyl halides is 3. The molecule has 0 atom stereocenters. The lowest BCUT2D eigenvalue weighted by Crippen LogP contribution is -2.24. The summed E-state index contributed by atoms with van der Waals surface area (Å²) >= 11 is 0. The topological polar surface area (TPSA) is 52.7 Å². The third kappa shape index (κ3) is 2.89. The lowest BCUT2D eigenvalue weighted by atomic mass is 10.2. The van der Waals surface area contributed by atoms with E-state index < -0.39 is 17.3 Å². The van der Waals surface area contributed by atoms with Crippen molar-refractivity contribution in [1.82, 2.24) is 19.3 Å². The van der Waals surface area contributed by atoms with Crippen molar-refractivity contribution in [2.45, 2.75) is 32.6 Å². The van der Waals surface area contributed by atoms with E-state index in [0.717, 1.165) is 16.8 Å². The van der Waals surface area contributed by atoms with Gasteiger partial charge in [-0.1, -0.05) is 0 Å². The summed E-state index contributed by atoms with van der Waals surface area (Å²) in [5.41, 5.74) is -1.68. The molecule has 0 aromatic carbocycles. The van der Waals surface area contributed by atoms with Gasteiger partial charge in [-0.05, 0) is 19.9 Å². The Morgan fingerprint density at radius 2 is 2.05 bits per heavy atom. The Hall–Kier alpha value is -2.12. The molecular weight excluding hydrogens is 273 g/mol. The molecule has 0 saturated carbocycles. The van der Waals surface area contributed by atoms with Crippen molar-refractivity contribution < 1.29 is 13.2 Å². The van der Waals surface area contributed by atoms with E-state index in [9.17, 15) is 18.0 Å². The van der Waals surface area contributed by atoms with Gasteiger partial charge in [0, 0.05) is 18.3 Å². The molecule has 0 unspecified atom stereocenters. The first-order chi connectivity index (χ1) is 9.29. The number of hydrogen-bond donors (Lipinski definition) is 0. The summed E-state index contributed by atoms with van der Waals surface area (Å²) < 4.78 is 40.2. The van der Waals surface area contributed by atoms with Gasteiger partial charge in [-0.2, -0.15) is 18.3 Å². The maximum absolute atomic E-state index is 12.5. The highest BCUT2D eigenvalue weighted by Gasteiger charge is 2.30. The van der Waals surface area contributed by atoms with E-state index >= 15 is 0 Å². The van der Waals surface area contributed by atoms with Crippen LogP contribution in [0.4, 0.5) is 13.2 Å². The monoisotopic (exact) mass is 286 g/mol. The minimum absolute atomic E-state index is 0.0534. The number of nitrogens with zero attached hydrogens (tertiary/aromatic N) is 4. The fourth-order valence-corrected chi connectivity index (χ4v) is 1.79. The average Bonchev–Trinajstić information content (AvgIpc) is 2.78. The zero-order valence-electron chi connectivity index (χ0n) is 10.9. The minimum atomic E-state index is -4.52. The Kier molecular flexibility index (Phi) is 3.65. The summed E-state index contributed by atoms with van der Waals surface area (Å²) in [5, 5.41) is 4.01. The number of pyridine rings is 1. The molecule has 0 aliphatic heterocycles. The quantitative estimate of drug-likeness (QED) is 0.868. The molecule has 0 saturated heterocycles. The predicted octanol–water partition coefficient (Wildman–Crippen LogP) is 2.09. The molecule has 2 heterocycles. The van der Waals surface area contributed by atoms with Crippen LogP contribution >= 0.6 is 0 Å². The highest BCUT2D eigenvalue weighted by atomic mass is 19.4. The van der Waals surface area contributed by atoms with Crippen molar-refractivity contribution in [2.75, 3.05) is 0 Å². The molecule has 2 aromatic heterocycles. The molecule has 0 radical (unpaired) electrons. The van der Waals surface area contributed by atoms with E-state index in [0.29, 0.717) is 11.9 Å². The van der Waals surface area contributed by atoms with Gasteiger partial charge < -0.3 is 4.57 Å². The molecule has 0 bridgehead atoms. The van der Waals surface area contributed by atoms with Crippen molar-refractivity contribution in [2.24, 2.45) is 0 Å². The summed E-state index contributed by atoms with van der Waals surface area (Å²) in [4.78, 5) is 15.7. The van der Waals surface area contributed by atoms with Crippen LogP contribution in [0.15, 0.2) is 29.5 Å². The van der Waals surface area contributed by atoms with E-state index in [2.05, 4.69) is 10.1 Å². The van der Waals surface area contributed by atoms with Crippen molar-refractivity contribution in [3.8, 4) is 0 Å². The summed E-state index contributed by atoms with van der Waals surface area (Å²) in [6.45, 7) is 3.87. The Balaban J connectivity index is 2.31. The molecule has 0 fully saturated rings. The lowest BCUT2D eigenvalue weighted by Gasteiger charge is -2.11. The standard InChI is InChI=1S/C12H13F3N4O/c1-8(2)19-10(16-7-17-19)6-18-4-3-9(5-11(18)20)12(13,14)15/h3-5,7-8H,6H2,1-2H3. The zero-order valence-corrected chi connectivity index (χ0v) is 10.9. The van der Waals surface area contributed by atoms with Crippen molar-refractivity contribution >= 4 is 0 Å². The van der Waals surface area contributed by atoms with Gasteiger partial charge in [-0.3, -0.25) is 4.79 Å². The molecular formula is C12H13F3N4O. The Morgan fingerprint density at radius 1 is 1.35 bits per heavy atom. The molecule has 108 valence electrons. The van der Waals surface area contributed by atoms with Crippen LogP contribution in [0.1, 0.15) is 31.3 Å². The molecule has 5 nitrogen and oxygen atoms in total. The first-order valence-corrected chi connectivity index (χ1v) is 5.95. The second-order valence-corrected chi connectivity index (χ2v) is 4.59. The van der Waals surface area contributed by atoms with Gasteiger partial charge in [0.25, 0.3) is 5.56 Å². The highest BCUT2D eigenvalue weighted by Crippen LogP contribution is 2.27. The number of aromatic nitrogens is 4. The highest BCUT2D eigenvalue weighted by molar-refractivity contribution is 5.15. The molecule has 0 N–H and O–H groups in total. The molecule has 2 rings (SSSR count). The van der Waals surface area contributed by atoms with E-state index in [-0.39, 0.29) is 12.6 Å². The van der Waals surface area contributed by atoms with Crippen LogP contribution in [-0.4, -0.2) is 19.3 Å². The Bertz CT molecular complexity index is 657. The average molecular weight is 286 g/mol.